The summed E-state index contributed by atoms with van der Waals surface area (Å²) in [5.41, 5.74) is 1.57. The summed E-state index contributed by atoms with van der Waals surface area (Å²) >= 11 is 7.84. The van der Waals surface area contributed by atoms with Gasteiger partial charge in [0.1, 0.15) is 16.2 Å². The summed E-state index contributed by atoms with van der Waals surface area (Å²) in [4.78, 5) is 29.8. The highest BCUT2D eigenvalue weighted by molar-refractivity contribution is 8.01. The van der Waals surface area contributed by atoms with Crippen LogP contribution >= 0.6 is 23.4 Å². The van der Waals surface area contributed by atoms with Gasteiger partial charge < -0.3 is 0 Å². The van der Waals surface area contributed by atoms with Crippen molar-refractivity contribution in [3.05, 3.63) is 75.4 Å². The van der Waals surface area contributed by atoms with Crippen LogP contribution < -0.4 is 4.90 Å². The highest BCUT2D eigenvalue weighted by Gasteiger charge is 2.43. The maximum atomic E-state index is 12.9. The summed E-state index contributed by atoms with van der Waals surface area (Å²) in [5.74, 6) is -0.191. The van der Waals surface area contributed by atoms with E-state index in [2.05, 4.69) is 4.98 Å². The predicted octanol–water partition coefficient (Wildman–Crippen LogP) is 4.96. The van der Waals surface area contributed by atoms with Crippen LogP contribution in [0.1, 0.15) is 17.9 Å². The molecule has 8 heteroatoms. The first-order chi connectivity index (χ1) is 13.0. The fourth-order valence-electron chi connectivity index (χ4n) is 3.19. The predicted molar refractivity (Wildman–Crippen MR) is 107 cm³/mol. The molecule has 4 rings (SSSR count). The van der Waals surface area contributed by atoms with E-state index in [0.717, 1.165) is 10.9 Å². The van der Waals surface area contributed by atoms with Crippen LogP contribution in [0, 0.1) is 10.1 Å². The minimum absolute atomic E-state index is 0.115. The fraction of sp³-hybridized carbons (Fsp3) is 0.158. The summed E-state index contributed by atoms with van der Waals surface area (Å²) in [5, 5.41) is 11.8. The number of nitro groups is 1. The Kier molecular flexibility index (Phi) is 4.49. The lowest BCUT2D eigenvalue weighted by molar-refractivity contribution is -0.384. The van der Waals surface area contributed by atoms with Crippen molar-refractivity contribution in [2.45, 2.75) is 17.5 Å². The number of nitro benzene ring substituents is 1. The Morgan fingerprint density at radius 1 is 1.19 bits per heavy atom. The Labute approximate surface area is 164 Å². The smallest absolute Gasteiger partial charge is 0.288 e. The number of aromatic nitrogens is 1. The number of hydrogen-bond acceptors (Lipinski definition) is 5. The first-order valence-electron chi connectivity index (χ1n) is 8.24. The first kappa shape index (κ1) is 17.8. The molecule has 2 atom stereocenters. The molecule has 0 radical (unpaired) electrons. The molecule has 0 spiro atoms. The Balaban J connectivity index is 1.88. The summed E-state index contributed by atoms with van der Waals surface area (Å²) in [6, 6.07) is 15.7. The van der Waals surface area contributed by atoms with Crippen molar-refractivity contribution >= 4 is 51.5 Å². The molecule has 27 heavy (non-hydrogen) atoms. The molecule has 3 aromatic rings. The Bertz CT molecular complexity index is 1080. The highest BCUT2D eigenvalue weighted by Crippen LogP contribution is 2.49. The van der Waals surface area contributed by atoms with E-state index in [4.69, 9.17) is 11.6 Å². The van der Waals surface area contributed by atoms with Crippen molar-refractivity contribution in [1.82, 2.24) is 4.98 Å². The number of para-hydroxylation sites is 3. The molecule has 2 unspecified atom stereocenters. The molecule has 1 fully saturated rings. The van der Waals surface area contributed by atoms with E-state index in [1.54, 1.807) is 25.1 Å². The molecule has 0 aliphatic carbocycles. The monoisotopic (exact) mass is 399 g/mol. The van der Waals surface area contributed by atoms with Gasteiger partial charge in [-0.05, 0) is 25.1 Å². The summed E-state index contributed by atoms with van der Waals surface area (Å²) < 4.78 is 0. The van der Waals surface area contributed by atoms with Gasteiger partial charge in [-0.3, -0.25) is 19.8 Å². The first-order valence-corrected chi connectivity index (χ1v) is 9.56. The molecule has 1 saturated heterocycles. The van der Waals surface area contributed by atoms with Crippen LogP contribution in [0.5, 0.6) is 0 Å². The number of benzene rings is 2. The summed E-state index contributed by atoms with van der Waals surface area (Å²) in [6.45, 7) is 1.79. The molecule has 2 aromatic carbocycles. The van der Waals surface area contributed by atoms with Crippen molar-refractivity contribution in [3.8, 4) is 0 Å². The normalized spacial score (nSPS) is 19.6. The zero-order chi connectivity index (χ0) is 19.1. The summed E-state index contributed by atoms with van der Waals surface area (Å²) in [6.07, 6.45) is 0. The minimum Gasteiger partial charge on any atom is -0.288 e. The second-order valence-corrected chi connectivity index (χ2v) is 7.93. The second-order valence-electron chi connectivity index (χ2n) is 6.15. The molecule has 1 aromatic heterocycles. The van der Waals surface area contributed by atoms with Gasteiger partial charge in [-0.15, -0.1) is 11.8 Å². The number of halogens is 1. The van der Waals surface area contributed by atoms with Gasteiger partial charge in [0.15, 0.2) is 0 Å². The zero-order valence-corrected chi connectivity index (χ0v) is 15.8. The molecular weight excluding hydrogens is 386 g/mol. The van der Waals surface area contributed by atoms with Gasteiger partial charge in [0.05, 0.1) is 15.7 Å². The van der Waals surface area contributed by atoms with Crippen LogP contribution in [0.4, 0.5) is 11.4 Å². The standard InChI is InChI=1S/C19H14ClN3O3S/c1-11-18(24)22(15-8-4-5-9-16(15)23(25)26)19(27-11)13-10-12-6-2-3-7-14(12)21-17(13)20/h2-11,19H,1H3. The number of carbonyl (C=O) groups excluding carboxylic acids is 1. The van der Waals surface area contributed by atoms with E-state index in [0.29, 0.717) is 5.56 Å². The van der Waals surface area contributed by atoms with Crippen LogP contribution in [-0.2, 0) is 4.79 Å². The lowest BCUT2D eigenvalue weighted by Crippen LogP contribution is -2.30. The van der Waals surface area contributed by atoms with E-state index < -0.39 is 10.3 Å². The third-order valence-corrected chi connectivity index (χ3v) is 6.10. The maximum Gasteiger partial charge on any atom is 0.293 e. The van der Waals surface area contributed by atoms with Crippen LogP contribution in [0.15, 0.2) is 54.6 Å². The van der Waals surface area contributed by atoms with Gasteiger partial charge in [-0.1, -0.05) is 41.9 Å². The average Bonchev–Trinajstić information content (AvgIpc) is 2.95. The van der Waals surface area contributed by atoms with Gasteiger partial charge in [0.2, 0.25) is 5.91 Å². The van der Waals surface area contributed by atoms with Gasteiger partial charge >= 0.3 is 0 Å². The number of pyridine rings is 1. The van der Waals surface area contributed by atoms with Crippen molar-refractivity contribution in [2.24, 2.45) is 0 Å². The Morgan fingerprint density at radius 3 is 2.67 bits per heavy atom. The molecule has 0 N–H and O–H groups in total. The van der Waals surface area contributed by atoms with Crippen LogP contribution in [0.3, 0.4) is 0 Å². The van der Waals surface area contributed by atoms with Gasteiger partial charge in [0, 0.05) is 17.0 Å². The molecule has 1 aliphatic rings. The van der Waals surface area contributed by atoms with E-state index >= 15 is 0 Å². The highest BCUT2D eigenvalue weighted by atomic mass is 35.5. The van der Waals surface area contributed by atoms with Crippen molar-refractivity contribution in [1.29, 1.82) is 0 Å². The lowest BCUT2D eigenvalue weighted by atomic mass is 10.1. The number of anilines is 1. The summed E-state index contributed by atoms with van der Waals surface area (Å²) in [7, 11) is 0. The van der Waals surface area contributed by atoms with E-state index in [1.807, 2.05) is 30.3 Å². The van der Waals surface area contributed by atoms with Gasteiger partial charge in [0.25, 0.3) is 5.69 Å². The van der Waals surface area contributed by atoms with E-state index in [-0.39, 0.29) is 27.7 Å². The molecule has 0 bridgehead atoms. The number of thioether (sulfide) groups is 1. The van der Waals surface area contributed by atoms with Gasteiger partial charge in [-0.25, -0.2) is 4.98 Å². The van der Waals surface area contributed by atoms with Crippen molar-refractivity contribution in [3.63, 3.8) is 0 Å². The zero-order valence-electron chi connectivity index (χ0n) is 14.2. The van der Waals surface area contributed by atoms with E-state index in [1.165, 1.54) is 22.7 Å². The minimum atomic E-state index is -0.488. The number of hydrogen-bond donors (Lipinski definition) is 0. The molecule has 1 amide bonds. The topological polar surface area (TPSA) is 76.3 Å². The number of amides is 1. The molecule has 136 valence electrons. The van der Waals surface area contributed by atoms with E-state index in [9.17, 15) is 14.9 Å². The van der Waals surface area contributed by atoms with Crippen molar-refractivity contribution in [2.75, 3.05) is 4.90 Å². The number of rotatable bonds is 3. The van der Waals surface area contributed by atoms with Gasteiger partial charge in [-0.2, -0.15) is 0 Å². The molecule has 2 heterocycles. The molecular formula is C19H14ClN3O3S. The van der Waals surface area contributed by atoms with Crippen LogP contribution in [0.25, 0.3) is 10.9 Å². The number of carbonyl (C=O) groups is 1. The second kappa shape index (κ2) is 6.83. The Morgan fingerprint density at radius 2 is 1.89 bits per heavy atom. The lowest BCUT2D eigenvalue weighted by Gasteiger charge is -2.24. The third kappa shape index (κ3) is 3.02. The SMILES string of the molecule is CC1SC(c2cc3ccccc3nc2Cl)N(c2ccccc2[N+](=O)[O-])C1=O. The largest absolute Gasteiger partial charge is 0.293 e. The third-order valence-electron chi connectivity index (χ3n) is 4.46. The molecule has 1 aliphatic heterocycles. The van der Waals surface area contributed by atoms with Crippen LogP contribution in [0.2, 0.25) is 5.15 Å². The number of fused-ring (bicyclic) bond motifs is 1. The maximum absolute atomic E-state index is 12.9. The van der Waals surface area contributed by atoms with Crippen molar-refractivity contribution < 1.29 is 9.72 Å². The molecule has 0 saturated carbocycles. The quantitative estimate of drug-likeness (QED) is 0.353. The Hall–Kier alpha value is -2.64. The molecule has 6 nitrogen and oxygen atoms in total. The van der Waals surface area contributed by atoms with Crippen LogP contribution in [-0.4, -0.2) is 21.1 Å². The average molecular weight is 400 g/mol. The fourth-order valence-corrected chi connectivity index (χ4v) is 4.78. The number of nitrogens with zero attached hydrogens (tertiary/aromatic N) is 3.